The van der Waals surface area contributed by atoms with Crippen LogP contribution in [0.4, 0.5) is 0 Å². The van der Waals surface area contributed by atoms with E-state index in [0.717, 1.165) is 36.8 Å². The maximum absolute atomic E-state index is 11.6. The lowest BCUT2D eigenvalue weighted by molar-refractivity contribution is -0.153. The van der Waals surface area contributed by atoms with E-state index in [1.165, 1.54) is 6.92 Å². The minimum absolute atomic E-state index is 0.0730. The first kappa shape index (κ1) is 21.1. The van der Waals surface area contributed by atoms with Crippen LogP contribution in [-0.4, -0.2) is 48.1 Å². The number of rotatable bonds is 6. The van der Waals surface area contributed by atoms with E-state index in [-0.39, 0.29) is 36.5 Å². The SMILES string of the molecule is CC(=O)OC[C@@]12CCC(C)[C@](C)(CCC3=CC(=O)OC3)C1CC(O)C=C2CO. The van der Waals surface area contributed by atoms with E-state index >= 15 is 0 Å². The van der Waals surface area contributed by atoms with E-state index in [2.05, 4.69) is 13.8 Å². The summed E-state index contributed by atoms with van der Waals surface area (Å²) in [5, 5.41) is 20.6. The number of esters is 2. The maximum atomic E-state index is 11.6. The van der Waals surface area contributed by atoms with Crippen LogP contribution in [0.2, 0.25) is 0 Å². The molecule has 156 valence electrons. The Morgan fingerprint density at radius 3 is 2.79 bits per heavy atom. The van der Waals surface area contributed by atoms with Crippen molar-refractivity contribution in [2.75, 3.05) is 19.8 Å². The lowest BCUT2D eigenvalue weighted by Crippen LogP contribution is -2.55. The molecule has 0 aromatic heterocycles. The van der Waals surface area contributed by atoms with E-state index in [9.17, 15) is 19.8 Å². The summed E-state index contributed by atoms with van der Waals surface area (Å²) in [5.41, 5.74) is 1.22. The monoisotopic (exact) mass is 392 g/mol. The van der Waals surface area contributed by atoms with Crippen molar-refractivity contribution in [2.24, 2.45) is 22.7 Å². The third-order valence-electron chi connectivity index (χ3n) is 7.53. The number of carbonyl (C=O) groups excluding carboxylic acids is 2. The number of aliphatic hydroxyl groups is 2. The summed E-state index contributed by atoms with van der Waals surface area (Å²) in [6, 6.07) is 0. The zero-order valence-corrected chi connectivity index (χ0v) is 17.1. The van der Waals surface area contributed by atoms with Gasteiger partial charge in [0, 0.05) is 18.4 Å². The van der Waals surface area contributed by atoms with Crippen molar-refractivity contribution >= 4 is 11.9 Å². The Kier molecular flexibility index (Phi) is 6.01. The predicted octanol–water partition coefficient (Wildman–Crippen LogP) is 2.54. The highest BCUT2D eigenvalue weighted by Crippen LogP contribution is 2.62. The summed E-state index contributed by atoms with van der Waals surface area (Å²) in [5.74, 6) is -0.126. The van der Waals surface area contributed by atoms with Crippen LogP contribution in [0.3, 0.4) is 0 Å². The predicted molar refractivity (Wildman–Crippen MR) is 103 cm³/mol. The highest BCUT2D eigenvalue weighted by Gasteiger charge is 2.57. The van der Waals surface area contributed by atoms with Crippen molar-refractivity contribution in [2.45, 2.75) is 59.0 Å². The van der Waals surface area contributed by atoms with Crippen LogP contribution in [0.25, 0.3) is 0 Å². The molecule has 6 nitrogen and oxygen atoms in total. The standard InChI is InChI=1S/C22H32O6/c1-14-4-7-22(13-28-15(2)24)17(11-23)9-18(25)10-19(22)21(14,3)6-5-16-8-20(26)27-12-16/h8-9,14,18-19,23,25H,4-7,10-13H2,1-3H3/t14?,18?,19?,21-,22+/m0/s1. The Labute approximate surface area is 166 Å². The Balaban J connectivity index is 1.93. The minimum atomic E-state index is -0.613. The molecule has 2 N–H and O–H groups in total. The fourth-order valence-corrected chi connectivity index (χ4v) is 5.65. The van der Waals surface area contributed by atoms with Gasteiger partial charge < -0.3 is 19.7 Å². The van der Waals surface area contributed by atoms with E-state index < -0.39 is 11.5 Å². The largest absolute Gasteiger partial charge is 0.465 e. The number of ether oxygens (including phenoxy) is 2. The fraction of sp³-hybridized carbons (Fsp3) is 0.727. The third kappa shape index (κ3) is 3.77. The Hall–Kier alpha value is -1.66. The molecule has 6 heteroatoms. The molecule has 0 saturated heterocycles. The number of hydrogen-bond acceptors (Lipinski definition) is 6. The van der Waals surface area contributed by atoms with Crippen LogP contribution in [0.1, 0.15) is 52.9 Å². The molecule has 3 aliphatic rings. The van der Waals surface area contributed by atoms with Gasteiger partial charge in [0.05, 0.1) is 12.7 Å². The van der Waals surface area contributed by atoms with Crippen LogP contribution in [-0.2, 0) is 19.1 Å². The number of fused-ring (bicyclic) bond motifs is 1. The van der Waals surface area contributed by atoms with E-state index in [1.807, 2.05) is 0 Å². The summed E-state index contributed by atoms with van der Waals surface area (Å²) >= 11 is 0. The molecule has 0 bridgehead atoms. The number of aliphatic hydroxyl groups excluding tert-OH is 2. The maximum Gasteiger partial charge on any atom is 0.331 e. The summed E-state index contributed by atoms with van der Waals surface area (Å²) in [6.07, 6.45) is 6.70. The van der Waals surface area contributed by atoms with Gasteiger partial charge in [-0.3, -0.25) is 4.79 Å². The van der Waals surface area contributed by atoms with Gasteiger partial charge >= 0.3 is 11.9 Å². The average Bonchev–Trinajstić information content (AvgIpc) is 3.07. The first-order valence-corrected chi connectivity index (χ1v) is 10.2. The van der Waals surface area contributed by atoms with Crippen LogP contribution in [0.15, 0.2) is 23.3 Å². The average molecular weight is 392 g/mol. The number of carbonyl (C=O) groups is 2. The molecule has 1 aliphatic heterocycles. The van der Waals surface area contributed by atoms with Crippen LogP contribution < -0.4 is 0 Å². The molecule has 0 radical (unpaired) electrons. The summed E-state index contributed by atoms with van der Waals surface area (Å²) < 4.78 is 10.5. The van der Waals surface area contributed by atoms with Gasteiger partial charge in [0.1, 0.15) is 13.2 Å². The first-order valence-electron chi connectivity index (χ1n) is 10.2. The van der Waals surface area contributed by atoms with E-state index in [4.69, 9.17) is 9.47 Å². The smallest absolute Gasteiger partial charge is 0.331 e. The van der Waals surface area contributed by atoms with Gasteiger partial charge in [0.15, 0.2) is 0 Å². The molecule has 28 heavy (non-hydrogen) atoms. The highest BCUT2D eigenvalue weighted by atomic mass is 16.5. The highest BCUT2D eigenvalue weighted by molar-refractivity contribution is 5.85. The van der Waals surface area contributed by atoms with Gasteiger partial charge in [-0.05, 0) is 60.5 Å². The summed E-state index contributed by atoms with van der Waals surface area (Å²) in [6.45, 7) is 6.33. The van der Waals surface area contributed by atoms with Crippen molar-refractivity contribution in [1.82, 2.24) is 0 Å². The van der Waals surface area contributed by atoms with Crippen molar-refractivity contribution in [3.05, 3.63) is 23.3 Å². The second-order valence-electron chi connectivity index (χ2n) is 9.00. The Bertz CT molecular complexity index is 695. The molecule has 0 spiro atoms. The molecule has 1 saturated carbocycles. The van der Waals surface area contributed by atoms with Crippen LogP contribution >= 0.6 is 0 Å². The molecule has 3 rings (SSSR count). The number of hydrogen-bond donors (Lipinski definition) is 2. The molecule has 1 heterocycles. The summed E-state index contributed by atoms with van der Waals surface area (Å²) in [4.78, 5) is 23.0. The molecule has 0 aromatic rings. The molecular weight excluding hydrogens is 360 g/mol. The van der Waals surface area contributed by atoms with Crippen LogP contribution in [0.5, 0.6) is 0 Å². The van der Waals surface area contributed by atoms with Gasteiger partial charge in [-0.25, -0.2) is 4.79 Å². The molecule has 0 aromatic carbocycles. The minimum Gasteiger partial charge on any atom is -0.465 e. The third-order valence-corrected chi connectivity index (χ3v) is 7.53. The van der Waals surface area contributed by atoms with E-state index in [1.54, 1.807) is 12.2 Å². The van der Waals surface area contributed by atoms with Crippen molar-refractivity contribution in [1.29, 1.82) is 0 Å². The summed E-state index contributed by atoms with van der Waals surface area (Å²) in [7, 11) is 0. The zero-order valence-electron chi connectivity index (χ0n) is 17.1. The van der Waals surface area contributed by atoms with E-state index in [0.29, 0.717) is 18.9 Å². The number of cyclic esters (lactones) is 1. The van der Waals surface area contributed by atoms with Gasteiger partial charge in [0.2, 0.25) is 0 Å². The van der Waals surface area contributed by atoms with Gasteiger partial charge in [0.25, 0.3) is 0 Å². The van der Waals surface area contributed by atoms with Crippen molar-refractivity contribution < 1.29 is 29.3 Å². The van der Waals surface area contributed by atoms with Crippen molar-refractivity contribution in [3.63, 3.8) is 0 Å². The Morgan fingerprint density at radius 2 is 2.18 bits per heavy atom. The first-order chi connectivity index (χ1) is 13.2. The lowest BCUT2D eigenvalue weighted by Gasteiger charge is -2.59. The second-order valence-corrected chi connectivity index (χ2v) is 9.00. The van der Waals surface area contributed by atoms with Gasteiger partial charge in [-0.1, -0.05) is 19.9 Å². The van der Waals surface area contributed by atoms with Crippen LogP contribution in [0, 0.1) is 22.7 Å². The molecule has 1 fully saturated rings. The molecule has 2 aliphatic carbocycles. The normalized spacial score (nSPS) is 37.6. The second kappa shape index (κ2) is 7.99. The van der Waals surface area contributed by atoms with Crippen molar-refractivity contribution in [3.8, 4) is 0 Å². The lowest BCUT2D eigenvalue weighted by atomic mass is 9.46. The topological polar surface area (TPSA) is 93.1 Å². The molecular formula is C22H32O6. The quantitative estimate of drug-likeness (QED) is 0.533. The molecule has 3 unspecified atom stereocenters. The molecule has 5 atom stereocenters. The van der Waals surface area contributed by atoms with Gasteiger partial charge in [-0.15, -0.1) is 0 Å². The zero-order chi connectivity index (χ0) is 20.5. The Morgan fingerprint density at radius 1 is 1.43 bits per heavy atom. The molecule has 0 amide bonds. The van der Waals surface area contributed by atoms with Gasteiger partial charge in [-0.2, -0.15) is 0 Å². The fourth-order valence-electron chi connectivity index (χ4n) is 5.65.